The van der Waals surface area contributed by atoms with Crippen molar-refractivity contribution in [2.45, 2.75) is 103 Å². The molecule has 0 aromatic rings. The zero-order valence-electron chi connectivity index (χ0n) is 14.0. The van der Waals surface area contributed by atoms with Gasteiger partial charge in [-0.25, -0.2) is 4.99 Å². The van der Waals surface area contributed by atoms with Gasteiger partial charge in [0.1, 0.15) is 6.61 Å². The van der Waals surface area contributed by atoms with E-state index < -0.39 is 0 Å². The fourth-order valence-electron chi connectivity index (χ4n) is 2.73. The van der Waals surface area contributed by atoms with Crippen LogP contribution in [0.5, 0.6) is 0 Å². The normalized spacial score (nSPS) is 17.1. The van der Waals surface area contributed by atoms with Crippen LogP contribution in [-0.4, -0.2) is 18.0 Å². The highest BCUT2D eigenvalue weighted by molar-refractivity contribution is 5.78. The number of aliphatic imine (C=N–C) groups is 1. The van der Waals surface area contributed by atoms with Crippen LogP contribution in [0.25, 0.3) is 0 Å². The van der Waals surface area contributed by atoms with E-state index in [2.05, 4.69) is 25.8 Å². The molecule has 0 aromatic heterocycles. The van der Waals surface area contributed by atoms with Gasteiger partial charge in [-0.1, -0.05) is 71.1 Å². The Morgan fingerprint density at radius 1 is 0.850 bits per heavy atom. The Morgan fingerprint density at radius 2 is 1.35 bits per heavy atom. The van der Waals surface area contributed by atoms with Crippen LogP contribution in [0.2, 0.25) is 0 Å². The first-order chi connectivity index (χ1) is 9.64. The zero-order chi connectivity index (χ0) is 14.7. The number of ether oxygens (including phenoxy) is 1. The summed E-state index contributed by atoms with van der Waals surface area (Å²) in [7, 11) is 0. The van der Waals surface area contributed by atoms with Gasteiger partial charge in [0.15, 0.2) is 5.90 Å². The van der Waals surface area contributed by atoms with E-state index in [0.717, 1.165) is 18.9 Å². The largest absolute Gasteiger partial charge is 0.478 e. The summed E-state index contributed by atoms with van der Waals surface area (Å²) in [6, 6.07) is 0. The van der Waals surface area contributed by atoms with Gasteiger partial charge in [0.25, 0.3) is 0 Å². The average molecular weight is 281 g/mol. The molecule has 1 aliphatic heterocycles. The molecular weight excluding hydrogens is 246 g/mol. The minimum atomic E-state index is 0.0209. The van der Waals surface area contributed by atoms with Crippen LogP contribution in [-0.2, 0) is 4.74 Å². The van der Waals surface area contributed by atoms with E-state index in [1.165, 1.54) is 70.6 Å². The van der Waals surface area contributed by atoms with E-state index in [1.807, 2.05) is 0 Å². The molecule has 2 nitrogen and oxygen atoms in total. The van der Waals surface area contributed by atoms with Crippen molar-refractivity contribution >= 4 is 5.90 Å². The third-order valence-corrected chi connectivity index (χ3v) is 4.01. The van der Waals surface area contributed by atoms with E-state index in [1.54, 1.807) is 0 Å². The van der Waals surface area contributed by atoms with Crippen LogP contribution < -0.4 is 0 Å². The minimum absolute atomic E-state index is 0.0209. The van der Waals surface area contributed by atoms with Crippen molar-refractivity contribution in [1.82, 2.24) is 0 Å². The molecule has 0 amide bonds. The summed E-state index contributed by atoms with van der Waals surface area (Å²) in [6.07, 6.45) is 16.4. The summed E-state index contributed by atoms with van der Waals surface area (Å²) in [5, 5.41) is 0. The lowest BCUT2D eigenvalue weighted by Gasteiger charge is -2.07. The van der Waals surface area contributed by atoms with Crippen molar-refractivity contribution in [2.24, 2.45) is 4.99 Å². The zero-order valence-corrected chi connectivity index (χ0v) is 14.0. The van der Waals surface area contributed by atoms with Crippen LogP contribution in [0.4, 0.5) is 0 Å². The van der Waals surface area contributed by atoms with Crippen LogP contribution in [0.1, 0.15) is 97.8 Å². The van der Waals surface area contributed by atoms with Gasteiger partial charge in [-0.15, -0.1) is 0 Å². The van der Waals surface area contributed by atoms with Crippen molar-refractivity contribution in [2.75, 3.05) is 6.61 Å². The second-order valence-corrected chi connectivity index (χ2v) is 6.89. The van der Waals surface area contributed by atoms with E-state index in [9.17, 15) is 0 Å². The molecule has 0 aromatic carbocycles. The molecule has 0 atom stereocenters. The summed E-state index contributed by atoms with van der Waals surface area (Å²) in [5.41, 5.74) is 0.0209. The summed E-state index contributed by atoms with van der Waals surface area (Å²) >= 11 is 0. The number of rotatable bonds is 12. The highest BCUT2D eigenvalue weighted by Gasteiger charge is 2.25. The Morgan fingerprint density at radius 3 is 1.80 bits per heavy atom. The molecule has 0 saturated carbocycles. The Bertz CT molecular complexity index is 271. The van der Waals surface area contributed by atoms with E-state index in [-0.39, 0.29) is 5.54 Å². The Balaban J connectivity index is 1.81. The standard InChI is InChI=1S/C18H35NO/c1-4-5-6-7-8-9-10-11-12-13-14-15-17-19-18(2,3)16-20-17/h4-16H2,1-3H3. The van der Waals surface area contributed by atoms with Crippen molar-refractivity contribution in [3.05, 3.63) is 0 Å². The third kappa shape index (κ3) is 8.60. The molecule has 1 heterocycles. The monoisotopic (exact) mass is 281 g/mol. The van der Waals surface area contributed by atoms with Gasteiger partial charge < -0.3 is 4.74 Å². The fraction of sp³-hybridized carbons (Fsp3) is 0.944. The maximum Gasteiger partial charge on any atom is 0.183 e. The molecule has 0 spiro atoms. The van der Waals surface area contributed by atoms with Crippen LogP contribution in [0.15, 0.2) is 4.99 Å². The van der Waals surface area contributed by atoms with E-state index in [0.29, 0.717) is 0 Å². The van der Waals surface area contributed by atoms with E-state index >= 15 is 0 Å². The van der Waals surface area contributed by atoms with Gasteiger partial charge in [-0.05, 0) is 20.3 Å². The molecule has 20 heavy (non-hydrogen) atoms. The van der Waals surface area contributed by atoms with Crippen LogP contribution in [0, 0.1) is 0 Å². The molecule has 0 N–H and O–H groups in total. The quantitative estimate of drug-likeness (QED) is 0.408. The molecule has 0 bridgehead atoms. The maximum absolute atomic E-state index is 5.61. The molecule has 0 radical (unpaired) electrons. The van der Waals surface area contributed by atoms with Gasteiger partial charge in [0.05, 0.1) is 5.54 Å². The maximum atomic E-state index is 5.61. The Hall–Kier alpha value is -0.530. The molecular formula is C18H35NO. The van der Waals surface area contributed by atoms with E-state index in [4.69, 9.17) is 4.74 Å². The van der Waals surface area contributed by atoms with Gasteiger partial charge in [-0.2, -0.15) is 0 Å². The van der Waals surface area contributed by atoms with Gasteiger partial charge in [0, 0.05) is 6.42 Å². The number of nitrogens with zero attached hydrogens (tertiary/aromatic N) is 1. The number of hydrogen-bond acceptors (Lipinski definition) is 2. The fourth-order valence-corrected chi connectivity index (χ4v) is 2.73. The van der Waals surface area contributed by atoms with Gasteiger partial charge in [0.2, 0.25) is 0 Å². The molecule has 1 aliphatic rings. The Labute approximate surface area is 126 Å². The van der Waals surface area contributed by atoms with Gasteiger partial charge in [-0.3, -0.25) is 0 Å². The summed E-state index contributed by atoms with van der Waals surface area (Å²) < 4.78 is 5.61. The lowest BCUT2D eigenvalue weighted by molar-refractivity contribution is 0.273. The third-order valence-electron chi connectivity index (χ3n) is 4.01. The molecule has 1 rings (SSSR count). The van der Waals surface area contributed by atoms with Crippen molar-refractivity contribution in [1.29, 1.82) is 0 Å². The smallest absolute Gasteiger partial charge is 0.183 e. The SMILES string of the molecule is CCCCCCCCCCCCCC1=NC(C)(C)CO1. The minimum Gasteiger partial charge on any atom is -0.478 e. The second-order valence-electron chi connectivity index (χ2n) is 6.89. The van der Waals surface area contributed by atoms with Crippen LogP contribution >= 0.6 is 0 Å². The predicted molar refractivity (Wildman–Crippen MR) is 88.5 cm³/mol. The lowest BCUT2D eigenvalue weighted by Crippen LogP contribution is -2.17. The highest BCUT2D eigenvalue weighted by atomic mass is 16.5. The summed E-state index contributed by atoms with van der Waals surface area (Å²) in [6.45, 7) is 7.32. The lowest BCUT2D eigenvalue weighted by atomic mass is 10.1. The molecule has 0 unspecified atom stereocenters. The molecule has 2 heteroatoms. The van der Waals surface area contributed by atoms with Crippen LogP contribution in [0.3, 0.4) is 0 Å². The first-order valence-corrected chi connectivity index (χ1v) is 8.85. The average Bonchev–Trinajstić information content (AvgIpc) is 2.75. The van der Waals surface area contributed by atoms with Crippen molar-refractivity contribution in [3.8, 4) is 0 Å². The van der Waals surface area contributed by atoms with Crippen molar-refractivity contribution < 1.29 is 4.74 Å². The number of hydrogen-bond donors (Lipinski definition) is 0. The number of unbranched alkanes of at least 4 members (excludes halogenated alkanes) is 10. The topological polar surface area (TPSA) is 21.6 Å². The summed E-state index contributed by atoms with van der Waals surface area (Å²) in [4.78, 5) is 4.60. The Kier molecular flexibility index (Phi) is 8.97. The first kappa shape index (κ1) is 17.5. The van der Waals surface area contributed by atoms with Crippen molar-refractivity contribution in [3.63, 3.8) is 0 Å². The predicted octanol–water partition coefficient (Wildman–Crippen LogP) is 5.89. The molecule has 0 fully saturated rings. The molecule has 0 saturated heterocycles. The second kappa shape index (κ2) is 10.2. The van der Waals surface area contributed by atoms with Gasteiger partial charge >= 0.3 is 0 Å². The molecule has 118 valence electrons. The highest BCUT2D eigenvalue weighted by Crippen LogP contribution is 2.20. The summed E-state index contributed by atoms with van der Waals surface area (Å²) in [5.74, 6) is 0.992. The first-order valence-electron chi connectivity index (χ1n) is 8.85. The molecule has 0 aliphatic carbocycles.